The van der Waals surface area contributed by atoms with Crippen molar-refractivity contribution in [1.82, 2.24) is 9.88 Å². The molecule has 1 N–H and O–H groups in total. The molecular formula is C21H29N3O. The fraction of sp³-hybridized carbons (Fsp3) is 0.571. The van der Waals surface area contributed by atoms with Crippen molar-refractivity contribution >= 4 is 16.6 Å². The van der Waals surface area contributed by atoms with Gasteiger partial charge in [-0.3, -0.25) is 4.98 Å². The molecule has 0 radical (unpaired) electrons. The molecule has 0 amide bonds. The second kappa shape index (κ2) is 6.49. The molecule has 4 rings (SSSR count). The molecule has 1 aromatic carbocycles. The Morgan fingerprint density at radius 2 is 2.04 bits per heavy atom. The van der Waals surface area contributed by atoms with Gasteiger partial charge in [-0.25, -0.2) is 0 Å². The minimum Gasteiger partial charge on any atom is -0.493 e. The molecule has 0 saturated carbocycles. The summed E-state index contributed by atoms with van der Waals surface area (Å²) >= 11 is 0. The highest BCUT2D eigenvalue weighted by molar-refractivity contribution is 5.95. The van der Waals surface area contributed by atoms with Crippen LogP contribution >= 0.6 is 0 Å². The standard InChI is InChI=1S/C21H29N3O/c1-15-11-17-18(22-14-16-13-21(2,3)23-20(16)17)12-19(15)25-10-6-9-24-7-4-5-8-24/h11-12,14,23H,4-10,13H2,1-3H3. The average molecular weight is 339 g/mol. The molecule has 4 nitrogen and oxygen atoms in total. The van der Waals surface area contributed by atoms with Crippen molar-refractivity contribution < 1.29 is 4.74 Å². The van der Waals surface area contributed by atoms with E-state index in [1.54, 1.807) is 0 Å². The maximum atomic E-state index is 6.08. The number of anilines is 1. The first-order chi connectivity index (χ1) is 12.0. The van der Waals surface area contributed by atoms with E-state index in [2.05, 4.69) is 48.1 Å². The molecule has 0 bridgehead atoms. The van der Waals surface area contributed by atoms with Gasteiger partial charge < -0.3 is 15.0 Å². The fourth-order valence-corrected chi connectivity index (χ4v) is 4.14. The molecule has 3 heterocycles. The van der Waals surface area contributed by atoms with Crippen LogP contribution in [0.15, 0.2) is 18.3 Å². The van der Waals surface area contributed by atoms with Gasteiger partial charge in [-0.05, 0) is 76.7 Å². The van der Waals surface area contributed by atoms with Gasteiger partial charge in [0.2, 0.25) is 0 Å². The van der Waals surface area contributed by atoms with Gasteiger partial charge in [0.1, 0.15) is 5.75 Å². The Labute approximate surface area is 150 Å². The number of rotatable bonds is 5. The van der Waals surface area contributed by atoms with Crippen LogP contribution in [0.3, 0.4) is 0 Å². The quantitative estimate of drug-likeness (QED) is 0.830. The van der Waals surface area contributed by atoms with Crippen LogP contribution in [-0.2, 0) is 6.42 Å². The zero-order valence-corrected chi connectivity index (χ0v) is 15.7. The lowest BCUT2D eigenvalue weighted by Gasteiger charge is -2.19. The number of fused-ring (bicyclic) bond motifs is 3. The Morgan fingerprint density at radius 3 is 2.84 bits per heavy atom. The molecule has 2 aliphatic heterocycles. The third-order valence-corrected chi connectivity index (χ3v) is 5.41. The molecule has 0 aliphatic carbocycles. The van der Waals surface area contributed by atoms with Crippen molar-refractivity contribution in [3.63, 3.8) is 0 Å². The van der Waals surface area contributed by atoms with Crippen LogP contribution in [0.4, 0.5) is 5.69 Å². The number of hydrogen-bond acceptors (Lipinski definition) is 4. The molecule has 0 atom stereocenters. The Hall–Kier alpha value is -1.81. The lowest BCUT2D eigenvalue weighted by molar-refractivity contribution is 0.262. The molecule has 0 unspecified atom stereocenters. The van der Waals surface area contributed by atoms with E-state index in [9.17, 15) is 0 Å². The first-order valence-electron chi connectivity index (χ1n) is 9.57. The number of aromatic nitrogens is 1. The Morgan fingerprint density at radius 1 is 1.24 bits per heavy atom. The van der Waals surface area contributed by atoms with E-state index in [0.717, 1.165) is 37.3 Å². The van der Waals surface area contributed by atoms with Gasteiger partial charge in [-0.15, -0.1) is 0 Å². The van der Waals surface area contributed by atoms with Crippen LogP contribution in [0.1, 0.15) is 44.2 Å². The van der Waals surface area contributed by atoms with E-state index in [0.29, 0.717) is 0 Å². The lowest BCUT2D eigenvalue weighted by Crippen LogP contribution is -2.27. The first-order valence-corrected chi connectivity index (χ1v) is 9.57. The number of pyridine rings is 1. The van der Waals surface area contributed by atoms with E-state index in [1.165, 1.54) is 48.1 Å². The van der Waals surface area contributed by atoms with Crippen LogP contribution in [-0.4, -0.2) is 41.7 Å². The number of nitrogens with one attached hydrogen (secondary N) is 1. The van der Waals surface area contributed by atoms with Crippen LogP contribution in [0.5, 0.6) is 5.75 Å². The summed E-state index contributed by atoms with van der Waals surface area (Å²) in [5, 5.41) is 4.87. The van der Waals surface area contributed by atoms with Gasteiger partial charge in [0, 0.05) is 35.4 Å². The SMILES string of the molecule is Cc1cc2c3c(cnc2cc1OCCCN1CCCC1)CC(C)(C)N3. The van der Waals surface area contributed by atoms with E-state index in [-0.39, 0.29) is 5.54 Å². The number of benzene rings is 1. The largest absolute Gasteiger partial charge is 0.493 e. The highest BCUT2D eigenvalue weighted by atomic mass is 16.5. The smallest absolute Gasteiger partial charge is 0.124 e. The number of nitrogens with zero attached hydrogens (tertiary/aromatic N) is 2. The monoisotopic (exact) mass is 339 g/mol. The lowest BCUT2D eigenvalue weighted by atomic mass is 10.0. The summed E-state index contributed by atoms with van der Waals surface area (Å²) in [6.07, 6.45) is 6.84. The summed E-state index contributed by atoms with van der Waals surface area (Å²) in [6, 6.07) is 4.33. The topological polar surface area (TPSA) is 37.4 Å². The second-order valence-electron chi connectivity index (χ2n) is 8.23. The van der Waals surface area contributed by atoms with Crippen molar-refractivity contribution in [2.45, 2.75) is 52.0 Å². The zero-order chi connectivity index (χ0) is 17.4. The molecule has 4 heteroatoms. The Bertz CT molecular complexity index is 778. The number of hydrogen-bond donors (Lipinski definition) is 1. The maximum absolute atomic E-state index is 6.08. The number of ether oxygens (including phenoxy) is 1. The molecule has 2 aromatic rings. The third kappa shape index (κ3) is 3.45. The maximum Gasteiger partial charge on any atom is 0.124 e. The summed E-state index contributed by atoms with van der Waals surface area (Å²) in [5.41, 5.74) is 4.88. The predicted octanol–water partition coefficient (Wildman–Crippen LogP) is 4.15. The average Bonchev–Trinajstić information content (AvgIpc) is 3.18. The van der Waals surface area contributed by atoms with E-state index in [4.69, 9.17) is 4.74 Å². The summed E-state index contributed by atoms with van der Waals surface area (Å²) in [6.45, 7) is 11.1. The number of aryl methyl sites for hydroxylation is 1. The second-order valence-corrected chi connectivity index (χ2v) is 8.23. The molecular weight excluding hydrogens is 310 g/mol. The zero-order valence-electron chi connectivity index (χ0n) is 15.7. The van der Waals surface area contributed by atoms with E-state index < -0.39 is 0 Å². The van der Waals surface area contributed by atoms with Crippen LogP contribution in [0.25, 0.3) is 10.9 Å². The van der Waals surface area contributed by atoms with Crippen LogP contribution < -0.4 is 10.1 Å². The van der Waals surface area contributed by atoms with Crippen LogP contribution in [0.2, 0.25) is 0 Å². The van der Waals surface area contributed by atoms with Gasteiger partial charge in [0.15, 0.2) is 0 Å². The summed E-state index contributed by atoms with van der Waals surface area (Å²) in [7, 11) is 0. The molecule has 1 fully saturated rings. The van der Waals surface area contributed by atoms with Gasteiger partial charge in [-0.1, -0.05) is 0 Å². The number of likely N-dealkylation sites (tertiary alicyclic amines) is 1. The summed E-state index contributed by atoms with van der Waals surface area (Å²) in [4.78, 5) is 7.22. The molecule has 2 aliphatic rings. The Kier molecular flexibility index (Phi) is 4.32. The predicted molar refractivity (Wildman–Crippen MR) is 104 cm³/mol. The van der Waals surface area contributed by atoms with Crippen LogP contribution in [0, 0.1) is 6.92 Å². The van der Waals surface area contributed by atoms with Crippen molar-refractivity contribution in [1.29, 1.82) is 0 Å². The fourth-order valence-electron chi connectivity index (χ4n) is 4.14. The van der Waals surface area contributed by atoms with E-state index in [1.807, 2.05) is 6.20 Å². The highest BCUT2D eigenvalue weighted by Crippen LogP contribution is 2.38. The first kappa shape index (κ1) is 16.6. The van der Waals surface area contributed by atoms with Crippen molar-refractivity contribution in [2.24, 2.45) is 0 Å². The molecule has 1 saturated heterocycles. The van der Waals surface area contributed by atoms with Gasteiger partial charge >= 0.3 is 0 Å². The molecule has 25 heavy (non-hydrogen) atoms. The molecule has 0 spiro atoms. The minimum atomic E-state index is 0.108. The van der Waals surface area contributed by atoms with Crippen molar-refractivity contribution in [3.05, 3.63) is 29.5 Å². The van der Waals surface area contributed by atoms with Gasteiger partial charge in [0.25, 0.3) is 0 Å². The Balaban J connectivity index is 1.48. The van der Waals surface area contributed by atoms with Crippen molar-refractivity contribution in [3.8, 4) is 5.75 Å². The van der Waals surface area contributed by atoms with Gasteiger partial charge in [-0.2, -0.15) is 0 Å². The van der Waals surface area contributed by atoms with Gasteiger partial charge in [0.05, 0.1) is 12.1 Å². The summed E-state index contributed by atoms with van der Waals surface area (Å²) in [5.74, 6) is 0.971. The normalized spacial score (nSPS) is 19.2. The third-order valence-electron chi connectivity index (χ3n) is 5.41. The minimum absolute atomic E-state index is 0.108. The molecule has 1 aromatic heterocycles. The van der Waals surface area contributed by atoms with Crippen molar-refractivity contribution in [2.75, 3.05) is 31.6 Å². The molecule has 134 valence electrons. The van der Waals surface area contributed by atoms with E-state index >= 15 is 0 Å². The summed E-state index contributed by atoms with van der Waals surface area (Å²) < 4.78 is 6.08. The highest BCUT2D eigenvalue weighted by Gasteiger charge is 2.29.